The number of aromatic nitrogens is 3. The fourth-order valence-corrected chi connectivity index (χ4v) is 3.76. The molecule has 2 amide bonds. The van der Waals surface area contributed by atoms with E-state index in [2.05, 4.69) is 20.8 Å². The first-order chi connectivity index (χ1) is 15.0. The number of carbonyl (C=O) groups excluding carboxylic acids is 2. The van der Waals surface area contributed by atoms with Crippen molar-refractivity contribution in [3.63, 3.8) is 0 Å². The molecule has 0 spiro atoms. The maximum Gasteiger partial charge on any atom is 0.234 e. The highest BCUT2D eigenvalue weighted by atomic mass is 32.2. The lowest BCUT2D eigenvalue weighted by Gasteiger charge is -2.09. The lowest BCUT2D eigenvalue weighted by atomic mass is 10.2. The van der Waals surface area contributed by atoms with Crippen LogP contribution in [-0.2, 0) is 16.1 Å². The predicted molar refractivity (Wildman–Crippen MR) is 122 cm³/mol. The van der Waals surface area contributed by atoms with E-state index in [1.165, 1.54) is 18.7 Å². The zero-order chi connectivity index (χ0) is 22.2. The van der Waals surface area contributed by atoms with E-state index >= 15 is 0 Å². The first kappa shape index (κ1) is 22.4. The number of rotatable bonds is 9. The van der Waals surface area contributed by atoms with Crippen LogP contribution in [0.15, 0.2) is 53.7 Å². The van der Waals surface area contributed by atoms with E-state index in [-0.39, 0.29) is 17.6 Å². The molecule has 1 heterocycles. The lowest BCUT2D eigenvalue weighted by Crippen LogP contribution is -2.14. The van der Waals surface area contributed by atoms with Crippen LogP contribution in [-0.4, -0.2) is 38.9 Å². The van der Waals surface area contributed by atoms with Crippen molar-refractivity contribution in [2.24, 2.45) is 0 Å². The number of hydrogen-bond acceptors (Lipinski definition) is 6. The summed E-state index contributed by atoms with van der Waals surface area (Å²) in [5.41, 5.74) is 2.24. The summed E-state index contributed by atoms with van der Waals surface area (Å²) in [5, 5.41) is 14.9. The van der Waals surface area contributed by atoms with Crippen LogP contribution < -0.4 is 15.4 Å². The predicted octanol–water partition coefficient (Wildman–Crippen LogP) is 4.05. The van der Waals surface area contributed by atoms with Gasteiger partial charge in [0.25, 0.3) is 0 Å². The summed E-state index contributed by atoms with van der Waals surface area (Å²) in [6.07, 6.45) is 0. The van der Waals surface area contributed by atoms with E-state index < -0.39 is 0 Å². The highest BCUT2D eigenvalue weighted by Gasteiger charge is 2.15. The molecule has 9 heteroatoms. The van der Waals surface area contributed by atoms with Gasteiger partial charge in [-0.05, 0) is 50.2 Å². The summed E-state index contributed by atoms with van der Waals surface area (Å²) in [6, 6.07) is 14.7. The first-order valence-electron chi connectivity index (χ1n) is 9.97. The van der Waals surface area contributed by atoms with Crippen molar-refractivity contribution >= 4 is 35.0 Å². The van der Waals surface area contributed by atoms with Crippen molar-refractivity contribution in [3.8, 4) is 17.1 Å². The molecule has 2 N–H and O–H groups in total. The molecule has 0 bridgehead atoms. The van der Waals surface area contributed by atoms with Gasteiger partial charge in [0, 0.05) is 30.4 Å². The van der Waals surface area contributed by atoms with Crippen LogP contribution in [0.1, 0.15) is 20.8 Å². The monoisotopic (exact) mass is 439 g/mol. The Hall–Kier alpha value is -3.33. The number of amides is 2. The SMILES string of the molecule is CCOc1ccc(NC(=O)CSc2nnc(-c3cccc(NC(C)=O)c3)n2CC)cc1. The molecule has 3 aromatic rings. The average molecular weight is 440 g/mol. The van der Waals surface area contributed by atoms with Crippen molar-refractivity contribution in [2.45, 2.75) is 32.5 Å². The minimum atomic E-state index is -0.135. The Morgan fingerprint density at radius 1 is 1.03 bits per heavy atom. The molecule has 0 aliphatic heterocycles. The highest BCUT2D eigenvalue weighted by molar-refractivity contribution is 7.99. The lowest BCUT2D eigenvalue weighted by molar-refractivity contribution is -0.114. The zero-order valence-electron chi connectivity index (χ0n) is 17.7. The molecule has 2 aromatic carbocycles. The van der Waals surface area contributed by atoms with Crippen molar-refractivity contribution in [1.82, 2.24) is 14.8 Å². The molecule has 0 atom stereocenters. The van der Waals surface area contributed by atoms with Crippen molar-refractivity contribution < 1.29 is 14.3 Å². The molecule has 0 radical (unpaired) electrons. The van der Waals surface area contributed by atoms with Gasteiger partial charge in [-0.3, -0.25) is 9.59 Å². The maximum atomic E-state index is 12.4. The molecule has 3 rings (SSSR count). The second-order valence-corrected chi connectivity index (χ2v) is 7.55. The smallest absolute Gasteiger partial charge is 0.234 e. The number of ether oxygens (including phenoxy) is 1. The molecule has 0 saturated heterocycles. The highest BCUT2D eigenvalue weighted by Crippen LogP contribution is 2.26. The van der Waals surface area contributed by atoms with Crippen molar-refractivity contribution in [2.75, 3.05) is 23.0 Å². The minimum Gasteiger partial charge on any atom is -0.494 e. The Balaban J connectivity index is 1.65. The van der Waals surface area contributed by atoms with E-state index in [0.29, 0.717) is 35.5 Å². The van der Waals surface area contributed by atoms with Gasteiger partial charge in [0.15, 0.2) is 11.0 Å². The Morgan fingerprint density at radius 3 is 2.48 bits per heavy atom. The maximum absolute atomic E-state index is 12.4. The number of thioether (sulfide) groups is 1. The molecule has 8 nitrogen and oxygen atoms in total. The summed E-state index contributed by atoms with van der Waals surface area (Å²) in [4.78, 5) is 23.7. The van der Waals surface area contributed by atoms with Crippen molar-refractivity contribution in [1.29, 1.82) is 0 Å². The number of hydrogen-bond donors (Lipinski definition) is 2. The minimum absolute atomic E-state index is 0.131. The third-order valence-corrected chi connectivity index (χ3v) is 5.22. The third-order valence-electron chi connectivity index (χ3n) is 4.26. The van der Waals surface area contributed by atoms with Gasteiger partial charge < -0.3 is 19.9 Å². The van der Waals surface area contributed by atoms with Crippen molar-refractivity contribution in [3.05, 3.63) is 48.5 Å². The molecule has 0 aliphatic rings. The van der Waals surface area contributed by atoms with Gasteiger partial charge >= 0.3 is 0 Å². The normalized spacial score (nSPS) is 10.5. The molecule has 162 valence electrons. The van der Waals surface area contributed by atoms with Gasteiger partial charge in [-0.2, -0.15) is 0 Å². The van der Waals surface area contributed by atoms with Crippen LogP contribution in [0.4, 0.5) is 11.4 Å². The molecule has 0 aliphatic carbocycles. The Labute approximate surface area is 185 Å². The second-order valence-electron chi connectivity index (χ2n) is 6.61. The quantitative estimate of drug-likeness (QED) is 0.488. The zero-order valence-corrected chi connectivity index (χ0v) is 18.5. The van der Waals surface area contributed by atoms with Gasteiger partial charge in [-0.15, -0.1) is 10.2 Å². The van der Waals surface area contributed by atoms with Gasteiger partial charge in [0.05, 0.1) is 12.4 Å². The van der Waals surface area contributed by atoms with E-state index in [9.17, 15) is 9.59 Å². The number of nitrogens with one attached hydrogen (secondary N) is 2. The summed E-state index contributed by atoms with van der Waals surface area (Å²) in [6.45, 7) is 6.63. The molecular formula is C22H25N5O3S. The number of nitrogens with zero attached hydrogens (tertiary/aromatic N) is 3. The summed E-state index contributed by atoms with van der Waals surface area (Å²) < 4.78 is 7.35. The topological polar surface area (TPSA) is 98.1 Å². The fourth-order valence-electron chi connectivity index (χ4n) is 2.96. The molecule has 31 heavy (non-hydrogen) atoms. The molecule has 0 unspecified atom stereocenters. The van der Waals surface area contributed by atoms with Crippen LogP contribution in [0, 0.1) is 0 Å². The Kier molecular flexibility index (Phi) is 7.66. The van der Waals surface area contributed by atoms with Crippen LogP contribution >= 0.6 is 11.8 Å². The standard InChI is InChI=1S/C22H25N5O3S/c1-4-27-21(16-7-6-8-18(13-16)23-15(3)28)25-26-22(27)31-14-20(29)24-17-9-11-19(12-10-17)30-5-2/h6-13H,4-5,14H2,1-3H3,(H,23,28)(H,24,29). The fraction of sp³-hybridized carbons (Fsp3) is 0.273. The van der Waals surface area contributed by atoms with Gasteiger partial charge in [-0.25, -0.2) is 0 Å². The molecule has 1 aromatic heterocycles. The molecule has 0 fully saturated rings. The molecular weight excluding hydrogens is 414 g/mol. The average Bonchev–Trinajstić information content (AvgIpc) is 3.16. The van der Waals surface area contributed by atoms with E-state index in [4.69, 9.17) is 4.74 Å². The second kappa shape index (κ2) is 10.6. The van der Waals surface area contributed by atoms with E-state index in [1.54, 1.807) is 0 Å². The Bertz CT molecular complexity index is 1050. The van der Waals surface area contributed by atoms with Crippen LogP contribution in [0.2, 0.25) is 0 Å². The number of anilines is 2. The van der Waals surface area contributed by atoms with Gasteiger partial charge in [-0.1, -0.05) is 23.9 Å². The van der Waals surface area contributed by atoms with E-state index in [0.717, 1.165) is 11.3 Å². The van der Waals surface area contributed by atoms with Gasteiger partial charge in [0.2, 0.25) is 11.8 Å². The number of benzene rings is 2. The van der Waals surface area contributed by atoms with Crippen LogP contribution in [0.5, 0.6) is 5.75 Å². The van der Waals surface area contributed by atoms with Crippen LogP contribution in [0.25, 0.3) is 11.4 Å². The van der Waals surface area contributed by atoms with Gasteiger partial charge in [0.1, 0.15) is 5.75 Å². The third kappa shape index (κ3) is 6.08. The summed E-state index contributed by atoms with van der Waals surface area (Å²) in [7, 11) is 0. The summed E-state index contributed by atoms with van der Waals surface area (Å²) in [5.74, 6) is 1.39. The largest absolute Gasteiger partial charge is 0.494 e. The van der Waals surface area contributed by atoms with Crippen LogP contribution in [0.3, 0.4) is 0 Å². The first-order valence-corrected chi connectivity index (χ1v) is 11.0. The summed E-state index contributed by atoms with van der Waals surface area (Å²) >= 11 is 1.32. The molecule has 0 saturated carbocycles. The Morgan fingerprint density at radius 2 is 1.81 bits per heavy atom. The van der Waals surface area contributed by atoms with E-state index in [1.807, 2.05) is 66.9 Å². The number of carbonyl (C=O) groups is 2.